The largest absolute Gasteiger partial charge is 0.496 e. The average Bonchev–Trinajstić information content (AvgIpc) is 2.93. The van der Waals surface area contributed by atoms with E-state index in [0.29, 0.717) is 44.6 Å². The minimum Gasteiger partial charge on any atom is -0.496 e. The van der Waals surface area contributed by atoms with Crippen molar-refractivity contribution in [2.24, 2.45) is 0 Å². The Morgan fingerprint density at radius 1 is 0.737 bits per heavy atom. The van der Waals surface area contributed by atoms with Gasteiger partial charge in [-0.05, 0) is 60.0 Å². The quantitative estimate of drug-likeness (QED) is 0.258. The second kappa shape index (κ2) is 10.2. The number of nitrogens with zero attached hydrogens (tertiary/aromatic N) is 1. The number of amides is 1. The van der Waals surface area contributed by atoms with Gasteiger partial charge < -0.3 is 24.3 Å². The summed E-state index contributed by atoms with van der Waals surface area (Å²) in [5.74, 6) is -0.0538. The van der Waals surface area contributed by atoms with Gasteiger partial charge in [-0.3, -0.25) is 9.78 Å². The van der Waals surface area contributed by atoms with Crippen LogP contribution < -0.4 is 24.3 Å². The van der Waals surface area contributed by atoms with E-state index in [1.54, 1.807) is 42.6 Å². The van der Waals surface area contributed by atoms with Crippen LogP contribution >= 0.6 is 0 Å². The maximum Gasteiger partial charge on any atom is 0.259 e. The van der Waals surface area contributed by atoms with Gasteiger partial charge in [0.25, 0.3) is 5.91 Å². The number of aromatic nitrogens is 1. The molecule has 0 aliphatic carbocycles. The van der Waals surface area contributed by atoms with Crippen LogP contribution in [0.2, 0.25) is 0 Å². The maximum atomic E-state index is 15.5. The van der Waals surface area contributed by atoms with Crippen molar-refractivity contribution in [3.05, 3.63) is 90.1 Å². The normalized spacial score (nSPS) is 10.9. The number of hydrogen-bond donors (Lipinski definition) is 1. The molecule has 1 aromatic heterocycles. The van der Waals surface area contributed by atoms with E-state index in [9.17, 15) is 9.18 Å². The molecule has 5 aromatic rings. The molecule has 9 heteroatoms. The van der Waals surface area contributed by atoms with E-state index in [1.807, 2.05) is 0 Å². The van der Waals surface area contributed by atoms with Crippen LogP contribution in [0, 0.1) is 11.6 Å². The first kappa shape index (κ1) is 24.8. The lowest BCUT2D eigenvalue weighted by molar-refractivity contribution is 0.102. The van der Waals surface area contributed by atoms with Gasteiger partial charge in [0.15, 0.2) is 23.1 Å². The standard InChI is InChI=1S/C29H22F2N2O5/c1-35-23-9-5-17(30)13-21(23)29(34)33-18-6-7-19-16(12-18)4-8-25(28(19)31)38-24-10-11-32-22-15-27(37-3)26(36-2)14-20(22)24/h4-15H,1-3H3,(H,33,34). The number of nitrogens with one attached hydrogen (secondary N) is 1. The lowest BCUT2D eigenvalue weighted by Crippen LogP contribution is -2.13. The molecule has 38 heavy (non-hydrogen) atoms. The van der Waals surface area contributed by atoms with Gasteiger partial charge in [-0.25, -0.2) is 8.78 Å². The summed E-state index contributed by atoms with van der Waals surface area (Å²) in [4.78, 5) is 17.1. The van der Waals surface area contributed by atoms with E-state index in [0.717, 1.165) is 6.07 Å². The number of carbonyl (C=O) groups excluding carboxylic acids is 1. The smallest absolute Gasteiger partial charge is 0.259 e. The predicted molar refractivity (Wildman–Crippen MR) is 140 cm³/mol. The fourth-order valence-electron chi connectivity index (χ4n) is 4.14. The van der Waals surface area contributed by atoms with Crippen molar-refractivity contribution >= 4 is 33.3 Å². The monoisotopic (exact) mass is 516 g/mol. The van der Waals surface area contributed by atoms with Gasteiger partial charge in [0.2, 0.25) is 0 Å². The van der Waals surface area contributed by atoms with Crippen LogP contribution in [0.15, 0.2) is 72.9 Å². The minimum atomic E-state index is -0.572. The van der Waals surface area contributed by atoms with E-state index in [2.05, 4.69) is 10.3 Å². The van der Waals surface area contributed by atoms with Gasteiger partial charge in [0, 0.05) is 28.7 Å². The van der Waals surface area contributed by atoms with Crippen LogP contribution in [0.5, 0.6) is 28.7 Å². The Morgan fingerprint density at radius 3 is 2.24 bits per heavy atom. The van der Waals surface area contributed by atoms with Crippen LogP contribution in [-0.2, 0) is 0 Å². The number of ether oxygens (including phenoxy) is 4. The molecule has 7 nitrogen and oxygen atoms in total. The first-order chi connectivity index (χ1) is 18.4. The number of benzene rings is 4. The first-order valence-electron chi connectivity index (χ1n) is 11.5. The van der Waals surface area contributed by atoms with Gasteiger partial charge in [0.1, 0.15) is 17.3 Å². The first-order valence-corrected chi connectivity index (χ1v) is 11.5. The third-order valence-electron chi connectivity index (χ3n) is 6.01. The van der Waals surface area contributed by atoms with Gasteiger partial charge >= 0.3 is 0 Å². The Bertz CT molecular complexity index is 1690. The summed E-state index contributed by atoms with van der Waals surface area (Å²) >= 11 is 0. The molecule has 1 amide bonds. The summed E-state index contributed by atoms with van der Waals surface area (Å²) in [7, 11) is 4.45. The van der Waals surface area contributed by atoms with E-state index in [-0.39, 0.29) is 17.1 Å². The Hall–Kier alpha value is -4.92. The van der Waals surface area contributed by atoms with E-state index in [4.69, 9.17) is 18.9 Å². The number of fused-ring (bicyclic) bond motifs is 2. The lowest BCUT2D eigenvalue weighted by atomic mass is 10.1. The van der Waals surface area contributed by atoms with Crippen molar-refractivity contribution < 1.29 is 32.5 Å². The van der Waals surface area contributed by atoms with Crippen molar-refractivity contribution in [3.8, 4) is 28.7 Å². The summed E-state index contributed by atoms with van der Waals surface area (Å²) in [5.41, 5.74) is 1.04. The number of rotatable bonds is 7. The zero-order chi connectivity index (χ0) is 26.8. The molecule has 4 aromatic carbocycles. The highest BCUT2D eigenvalue weighted by Crippen LogP contribution is 2.38. The molecule has 0 saturated heterocycles. The van der Waals surface area contributed by atoms with Gasteiger partial charge in [-0.15, -0.1) is 0 Å². The van der Waals surface area contributed by atoms with Crippen LogP contribution in [-0.4, -0.2) is 32.2 Å². The topological polar surface area (TPSA) is 78.9 Å². The number of hydrogen-bond acceptors (Lipinski definition) is 6. The second-order valence-corrected chi connectivity index (χ2v) is 8.25. The Morgan fingerprint density at radius 2 is 1.47 bits per heavy atom. The SMILES string of the molecule is COc1cc2nccc(Oc3ccc4cc(NC(=O)c5cc(F)ccc5OC)ccc4c3F)c2cc1OC. The molecule has 0 aliphatic heterocycles. The van der Waals surface area contributed by atoms with Crippen LogP contribution in [0.1, 0.15) is 10.4 Å². The molecule has 0 bridgehead atoms. The molecular weight excluding hydrogens is 494 g/mol. The van der Waals surface area contributed by atoms with E-state index in [1.165, 1.54) is 45.6 Å². The van der Waals surface area contributed by atoms with Crippen molar-refractivity contribution in [1.29, 1.82) is 0 Å². The molecule has 5 rings (SSSR count). The van der Waals surface area contributed by atoms with Gasteiger partial charge in [0.05, 0.1) is 32.4 Å². The molecule has 1 N–H and O–H groups in total. The summed E-state index contributed by atoms with van der Waals surface area (Å²) in [6, 6.07) is 16.6. The van der Waals surface area contributed by atoms with Crippen molar-refractivity contribution in [3.63, 3.8) is 0 Å². The van der Waals surface area contributed by atoms with Crippen molar-refractivity contribution in [2.45, 2.75) is 0 Å². The fraction of sp³-hybridized carbons (Fsp3) is 0.103. The molecule has 0 saturated carbocycles. The van der Waals surface area contributed by atoms with Crippen molar-refractivity contribution in [1.82, 2.24) is 4.98 Å². The highest BCUT2D eigenvalue weighted by Gasteiger charge is 2.17. The predicted octanol–water partition coefficient (Wildman–Crippen LogP) is 6.74. The molecule has 0 spiro atoms. The Labute approximate surface area is 216 Å². The number of carbonyl (C=O) groups is 1. The molecule has 0 atom stereocenters. The van der Waals surface area contributed by atoms with Crippen LogP contribution in [0.4, 0.5) is 14.5 Å². The molecule has 0 radical (unpaired) electrons. The second-order valence-electron chi connectivity index (χ2n) is 8.25. The summed E-state index contributed by atoms with van der Waals surface area (Å²) < 4.78 is 51.0. The maximum absolute atomic E-state index is 15.5. The highest BCUT2D eigenvalue weighted by molar-refractivity contribution is 6.07. The van der Waals surface area contributed by atoms with E-state index >= 15 is 4.39 Å². The zero-order valence-electron chi connectivity index (χ0n) is 20.7. The number of pyridine rings is 1. The number of halogens is 2. The molecule has 0 fully saturated rings. The summed E-state index contributed by atoms with van der Waals surface area (Å²) in [5, 5.41) is 4.14. The molecule has 192 valence electrons. The third-order valence-corrected chi connectivity index (χ3v) is 6.01. The molecule has 1 heterocycles. The molecule has 0 aliphatic rings. The van der Waals surface area contributed by atoms with Gasteiger partial charge in [-0.1, -0.05) is 6.07 Å². The minimum absolute atomic E-state index is 0.0149. The Kier molecular flexibility index (Phi) is 6.66. The Balaban J connectivity index is 1.45. The zero-order valence-corrected chi connectivity index (χ0v) is 20.7. The highest BCUT2D eigenvalue weighted by atomic mass is 19.1. The average molecular weight is 517 g/mol. The van der Waals surface area contributed by atoms with Crippen LogP contribution in [0.25, 0.3) is 21.7 Å². The number of anilines is 1. The lowest BCUT2D eigenvalue weighted by Gasteiger charge is -2.14. The fourth-order valence-corrected chi connectivity index (χ4v) is 4.14. The summed E-state index contributed by atoms with van der Waals surface area (Å²) in [6.45, 7) is 0. The molecular formula is C29H22F2N2O5. The van der Waals surface area contributed by atoms with E-state index < -0.39 is 17.5 Å². The summed E-state index contributed by atoms with van der Waals surface area (Å²) in [6.07, 6.45) is 1.56. The third kappa shape index (κ3) is 4.61. The van der Waals surface area contributed by atoms with Crippen LogP contribution in [0.3, 0.4) is 0 Å². The molecule has 0 unspecified atom stereocenters. The number of methoxy groups -OCH3 is 3. The van der Waals surface area contributed by atoms with Gasteiger partial charge in [-0.2, -0.15) is 0 Å². The van der Waals surface area contributed by atoms with Crippen molar-refractivity contribution in [2.75, 3.05) is 26.6 Å².